The van der Waals surface area contributed by atoms with E-state index in [1.807, 2.05) is 43.7 Å². The number of benzene rings is 1. The van der Waals surface area contributed by atoms with Crippen molar-refractivity contribution in [1.29, 1.82) is 0 Å². The molecule has 0 amide bonds. The van der Waals surface area contributed by atoms with Crippen LogP contribution >= 0.6 is 0 Å². The lowest BCUT2D eigenvalue weighted by atomic mass is 10.1. The standard InChI is InChI=1S/C14H16N2O2/c1-4-18-13-6-5-11(7-10(13)2)14-12(8-17)15-9-16(14)3/h5-9H,4H2,1-3H3. The first-order chi connectivity index (χ1) is 8.67. The molecule has 0 radical (unpaired) electrons. The van der Waals surface area contributed by atoms with Crippen molar-refractivity contribution in [3.05, 3.63) is 35.8 Å². The van der Waals surface area contributed by atoms with Gasteiger partial charge in [-0.15, -0.1) is 0 Å². The van der Waals surface area contributed by atoms with E-state index in [2.05, 4.69) is 4.98 Å². The number of aromatic nitrogens is 2. The zero-order valence-electron chi connectivity index (χ0n) is 10.8. The number of aryl methyl sites for hydroxylation is 2. The molecule has 0 N–H and O–H groups in total. The second-order valence-corrected chi connectivity index (χ2v) is 4.12. The Morgan fingerprint density at radius 1 is 1.44 bits per heavy atom. The number of hydrogen-bond donors (Lipinski definition) is 0. The Morgan fingerprint density at radius 2 is 2.22 bits per heavy atom. The number of carbonyl (C=O) groups excluding carboxylic acids is 1. The molecule has 0 atom stereocenters. The summed E-state index contributed by atoms with van der Waals surface area (Å²) in [4.78, 5) is 15.0. The fourth-order valence-electron chi connectivity index (χ4n) is 2.00. The van der Waals surface area contributed by atoms with Crippen LogP contribution in [0.3, 0.4) is 0 Å². The summed E-state index contributed by atoms with van der Waals surface area (Å²) < 4.78 is 7.35. The van der Waals surface area contributed by atoms with E-state index in [1.54, 1.807) is 6.33 Å². The molecule has 0 spiro atoms. The molecule has 0 saturated carbocycles. The molecular formula is C14H16N2O2. The molecule has 4 nitrogen and oxygen atoms in total. The highest BCUT2D eigenvalue weighted by molar-refractivity contribution is 5.84. The van der Waals surface area contributed by atoms with Crippen LogP contribution in [0.1, 0.15) is 23.0 Å². The van der Waals surface area contributed by atoms with Crippen molar-refractivity contribution in [3.63, 3.8) is 0 Å². The van der Waals surface area contributed by atoms with Gasteiger partial charge in [-0.25, -0.2) is 4.98 Å². The molecule has 1 aromatic carbocycles. The van der Waals surface area contributed by atoms with E-state index in [-0.39, 0.29) is 0 Å². The molecule has 1 heterocycles. The summed E-state index contributed by atoms with van der Waals surface area (Å²) in [6.45, 7) is 4.59. The maximum Gasteiger partial charge on any atom is 0.170 e. The summed E-state index contributed by atoms with van der Waals surface area (Å²) in [7, 11) is 1.88. The van der Waals surface area contributed by atoms with E-state index in [0.717, 1.165) is 28.9 Å². The highest BCUT2D eigenvalue weighted by Crippen LogP contribution is 2.27. The molecule has 1 aromatic heterocycles. The number of imidazole rings is 1. The predicted octanol–water partition coefficient (Wildman–Crippen LogP) is 2.61. The third kappa shape index (κ3) is 2.14. The Hall–Kier alpha value is -2.10. The molecule has 2 aromatic rings. The van der Waals surface area contributed by atoms with Crippen LogP contribution in [0.2, 0.25) is 0 Å². The Bertz CT molecular complexity index is 573. The maximum absolute atomic E-state index is 11.0. The maximum atomic E-state index is 11.0. The van der Waals surface area contributed by atoms with Crippen LogP contribution in [0.5, 0.6) is 5.75 Å². The van der Waals surface area contributed by atoms with E-state index < -0.39 is 0 Å². The summed E-state index contributed by atoms with van der Waals surface area (Å²) in [6, 6.07) is 5.88. The molecule has 94 valence electrons. The molecule has 0 unspecified atom stereocenters. The van der Waals surface area contributed by atoms with Crippen molar-refractivity contribution < 1.29 is 9.53 Å². The molecule has 4 heteroatoms. The molecule has 18 heavy (non-hydrogen) atoms. The summed E-state index contributed by atoms with van der Waals surface area (Å²) in [5.74, 6) is 0.871. The van der Waals surface area contributed by atoms with E-state index >= 15 is 0 Å². The van der Waals surface area contributed by atoms with Crippen molar-refractivity contribution in [3.8, 4) is 17.0 Å². The largest absolute Gasteiger partial charge is 0.494 e. The Morgan fingerprint density at radius 3 is 2.83 bits per heavy atom. The fourth-order valence-corrected chi connectivity index (χ4v) is 2.00. The SMILES string of the molecule is CCOc1ccc(-c2c(C=O)ncn2C)cc1C. The van der Waals surface area contributed by atoms with E-state index in [0.29, 0.717) is 12.3 Å². The highest BCUT2D eigenvalue weighted by atomic mass is 16.5. The second kappa shape index (κ2) is 5.04. The summed E-state index contributed by atoms with van der Waals surface area (Å²) in [5.41, 5.74) is 3.31. The van der Waals surface area contributed by atoms with Gasteiger partial charge in [-0.2, -0.15) is 0 Å². The molecule has 0 aliphatic heterocycles. The summed E-state index contributed by atoms with van der Waals surface area (Å²) >= 11 is 0. The highest BCUT2D eigenvalue weighted by Gasteiger charge is 2.11. The molecule has 0 saturated heterocycles. The average Bonchev–Trinajstić information content (AvgIpc) is 2.73. The van der Waals surface area contributed by atoms with E-state index in [9.17, 15) is 4.79 Å². The van der Waals surface area contributed by atoms with Crippen LogP contribution in [-0.2, 0) is 7.05 Å². The van der Waals surface area contributed by atoms with E-state index in [1.165, 1.54) is 0 Å². The third-order valence-electron chi connectivity index (χ3n) is 2.83. The molecule has 0 bridgehead atoms. The van der Waals surface area contributed by atoms with Gasteiger partial charge in [0.05, 0.1) is 18.6 Å². The number of rotatable bonds is 4. The van der Waals surface area contributed by atoms with Gasteiger partial charge in [0.2, 0.25) is 0 Å². The molecule has 0 aliphatic carbocycles. The van der Waals surface area contributed by atoms with Crippen molar-refractivity contribution in [2.45, 2.75) is 13.8 Å². The first kappa shape index (κ1) is 12.4. The number of carbonyl (C=O) groups is 1. The first-order valence-electron chi connectivity index (χ1n) is 5.87. The van der Waals surface area contributed by atoms with Crippen molar-refractivity contribution in [1.82, 2.24) is 9.55 Å². The second-order valence-electron chi connectivity index (χ2n) is 4.12. The van der Waals surface area contributed by atoms with Gasteiger partial charge in [0.1, 0.15) is 11.4 Å². The van der Waals surface area contributed by atoms with Crippen LogP contribution < -0.4 is 4.74 Å². The number of ether oxygens (including phenoxy) is 1. The summed E-state index contributed by atoms with van der Waals surface area (Å²) in [5, 5.41) is 0. The number of nitrogens with zero attached hydrogens (tertiary/aromatic N) is 2. The third-order valence-corrected chi connectivity index (χ3v) is 2.83. The predicted molar refractivity (Wildman–Crippen MR) is 69.9 cm³/mol. The van der Waals surface area contributed by atoms with Gasteiger partial charge in [-0.3, -0.25) is 4.79 Å². The van der Waals surface area contributed by atoms with Gasteiger partial charge in [-0.1, -0.05) is 0 Å². The van der Waals surface area contributed by atoms with Crippen LogP contribution in [0.25, 0.3) is 11.3 Å². The molecule has 0 aliphatic rings. The Labute approximate surface area is 106 Å². The minimum atomic E-state index is 0.459. The van der Waals surface area contributed by atoms with Gasteiger partial charge in [-0.05, 0) is 37.6 Å². The zero-order valence-corrected chi connectivity index (χ0v) is 10.8. The first-order valence-corrected chi connectivity index (χ1v) is 5.87. The number of aldehydes is 1. The lowest BCUT2D eigenvalue weighted by Gasteiger charge is -2.10. The lowest BCUT2D eigenvalue weighted by molar-refractivity contribution is 0.112. The van der Waals surface area contributed by atoms with Crippen LogP contribution in [0, 0.1) is 6.92 Å². The Kier molecular flexibility index (Phi) is 3.46. The smallest absolute Gasteiger partial charge is 0.170 e. The van der Waals surface area contributed by atoms with Gasteiger partial charge >= 0.3 is 0 Å². The quantitative estimate of drug-likeness (QED) is 0.776. The van der Waals surface area contributed by atoms with E-state index in [4.69, 9.17) is 4.74 Å². The number of hydrogen-bond acceptors (Lipinski definition) is 3. The van der Waals surface area contributed by atoms with Crippen molar-refractivity contribution in [2.75, 3.05) is 6.61 Å². The van der Waals surface area contributed by atoms with Crippen molar-refractivity contribution >= 4 is 6.29 Å². The minimum absolute atomic E-state index is 0.459. The minimum Gasteiger partial charge on any atom is -0.494 e. The van der Waals surface area contributed by atoms with Gasteiger partial charge < -0.3 is 9.30 Å². The zero-order chi connectivity index (χ0) is 13.1. The average molecular weight is 244 g/mol. The lowest BCUT2D eigenvalue weighted by Crippen LogP contribution is -1.96. The Balaban J connectivity index is 2.48. The summed E-state index contributed by atoms with van der Waals surface area (Å²) in [6.07, 6.45) is 2.42. The normalized spacial score (nSPS) is 10.4. The van der Waals surface area contributed by atoms with Crippen LogP contribution in [0.4, 0.5) is 0 Å². The monoisotopic (exact) mass is 244 g/mol. The van der Waals surface area contributed by atoms with Crippen LogP contribution in [0.15, 0.2) is 24.5 Å². The molecule has 2 rings (SSSR count). The molecule has 0 fully saturated rings. The van der Waals surface area contributed by atoms with Gasteiger partial charge in [0, 0.05) is 12.6 Å². The molecular weight excluding hydrogens is 228 g/mol. The van der Waals surface area contributed by atoms with Gasteiger partial charge in [0.25, 0.3) is 0 Å². The van der Waals surface area contributed by atoms with Crippen LogP contribution in [-0.4, -0.2) is 22.4 Å². The topological polar surface area (TPSA) is 44.1 Å². The fraction of sp³-hybridized carbons (Fsp3) is 0.286. The van der Waals surface area contributed by atoms with Crippen molar-refractivity contribution in [2.24, 2.45) is 7.05 Å². The van der Waals surface area contributed by atoms with Gasteiger partial charge in [0.15, 0.2) is 6.29 Å².